The van der Waals surface area contributed by atoms with Crippen molar-refractivity contribution in [2.24, 2.45) is 0 Å². The van der Waals surface area contributed by atoms with Crippen LogP contribution in [0.15, 0.2) is 43.1 Å². The minimum absolute atomic E-state index is 0.273. The van der Waals surface area contributed by atoms with Crippen LogP contribution in [0.4, 0.5) is 0 Å². The van der Waals surface area contributed by atoms with Gasteiger partial charge in [0.25, 0.3) is 0 Å². The van der Waals surface area contributed by atoms with Crippen molar-refractivity contribution in [3.8, 4) is 11.5 Å². The summed E-state index contributed by atoms with van der Waals surface area (Å²) in [6, 6.07) is 2.38. The first-order valence-electron chi connectivity index (χ1n) is 6.10. The molecular weight excluding hydrogens is 264 g/mol. The molecule has 0 atom stereocenters. The molecule has 2 N–H and O–H groups in total. The van der Waals surface area contributed by atoms with E-state index in [1.165, 1.54) is 24.7 Å². The van der Waals surface area contributed by atoms with Gasteiger partial charge in [-0.2, -0.15) is 0 Å². The third-order valence-electron chi connectivity index (χ3n) is 2.50. The van der Waals surface area contributed by atoms with Gasteiger partial charge in [0.1, 0.15) is 11.5 Å². The van der Waals surface area contributed by atoms with E-state index in [1.807, 2.05) is 0 Å². The second-order valence-corrected chi connectivity index (χ2v) is 3.82. The zero-order valence-electron chi connectivity index (χ0n) is 11.3. The summed E-state index contributed by atoms with van der Waals surface area (Å²) in [5, 5.41) is 18.0. The molecule has 0 amide bonds. The Labute approximate surface area is 114 Å². The highest BCUT2D eigenvalue weighted by molar-refractivity contribution is 5.22. The summed E-state index contributed by atoms with van der Waals surface area (Å²) in [4.78, 5) is 21.4. The Kier molecular flexibility index (Phi) is 5.58. The van der Waals surface area contributed by atoms with Crippen LogP contribution in [0, 0.1) is 0 Å². The van der Waals surface area contributed by atoms with Crippen LogP contribution >= 0.6 is 0 Å². The fourth-order valence-corrected chi connectivity index (χ4v) is 1.40. The first-order valence-corrected chi connectivity index (χ1v) is 6.10. The van der Waals surface area contributed by atoms with E-state index < -0.39 is 0 Å². The van der Waals surface area contributed by atoms with Crippen molar-refractivity contribution in [3.63, 3.8) is 0 Å². The summed E-state index contributed by atoms with van der Waals surface area (Å²) in [6.07, 6.45) is 3.62. The van der Waals surface area contributed by atoms with E-state index in [-0.39, 0.29) is 22.4 Å². The molecule has 0 unspecified atom stereocenters. The molecule has 0 bridgehead atoms. The number of aryl methyl sites for hydroxylation is 2. The van der Waals surface area contributed by atoms with Gasteiger partial charge in [-0.3, -0.25) is 9.59 Å². The van der Waals surface area contributed by atoms with Crippen LogP contribution in [-0.2, 0) is 12.8 Å². The molecule has 2 aromatic heterocycles. The van der Waals surface area contributed by atoms with E-state index in [1.54, 1.807) is 13.8 Å². The molecule has 0 fully saturated rings. The van der Waals surface area contributed by atoms with E-state index in [0.717, 1.165) is 0 Å². The zero-order chi connectivity index (χ0) is 15.1. The first-order chi connectivity index (χ1) is 9.51. The Morgan fingerprint density at radius 1 is 0.850 bits per heavy atom. The molecule has 0 aliphatic carbocycles. The largest absolute Gasteiger partial charge is 0.502 e. The normalized spacial score (nSPS) is 9.70. The summed E-state index contributed by atoms with van der Waals surface area (Å²) in [6.45, 7) is 3.61. The summed E-state index contributed by atoms with van der Waals surface area (Å²) in [7, 11) is 0. The van der Waals surface area contributed by atoms with Crippen molar-refractivity contribution in [1.82, 2.24) is 0 Å². The van der Waals surface area contributed by atoms with Crippen LogP contribution < -0.4 is 10.9 Å². The van der Waals surface area contributed by atoms with E-state index in [9.17, 15) is 9.59 Å². The molecule has 2 aromatic rings. The number of hydrogen-bond acceptors (Lipinski definition) is 6. The van der Waals surface area contributed by atoms with E-state index in [0.29, 0.717) is 24.4 Å². The lowest BCUT2D eigenvalue weighted by molar-refractivity contribution is 0.402. The smallest absolute Gasteiger partial charge is 0.226 e. The van der Waals surface area contributed by atoms with Gasteiger partial charge in [-0.1, -0.05) is 13.8 Å². The van der Waals surface area contributed by atoms with Gasteiger partial charge in [-0.15, -0.1) is 0 Å². The Hall–Kier alpha value is -2.50. The van der Waals surface area contributed by atoms with Crippen molar-refractivity contribution >= 4 is 0 Å². The lowest BCUT2D eigenvalue weighted by Gasteiger charge is -1.95. The number of aromatic hydroxyl groups is 2. The highest BCUT2D eigenvalue weighted by Crippen LogP contribution is 2.10. The molecule has 0 aromatic carbocycles. The Bertz CT molecular complexity index is 608. The molecule has 6 heteroatoms. The molecule has 0 saturated carbocycles. The van der Waals surface area contributed by atoms with Gasteiger partial charge in [-0.25, -0.2) is 0 Å². The SMILES string of the molecule is CCc1occc(=O)c1O.CCc1occc(=O)c1O. The van der Waals surface area contributed by atoms with Crippen LogP contribution in [0.2, 0.25) is 0 Å². The second-order valence-electron chi connectivity index (χ2n) is 3.82. The molecular formula is C14H16O6. The fraction of sp³-hybridized carbons (Fsp3) is 0.286. The van der Waals surface area contributed by atoms with Gasteiger partial charge >= 0.3 is 0 Å². The highest BCUT2D eigenvalue weighted by Gasteiger charge is 2.03. The first kappa shape index (κ1) is 15.6. The van der Waals surface area contributed by atoms with Crippen molar-refractivity contribution in [3.05, 3.63) is 56.6 Å². The van der Waals surface area contributed by atoms with Gasteiger partial charge in [0.05, 0.1) is 12.5 Å². The lowest BCUT2D eigenvalue weighted by Crippen LogP contribution is -1.99. The topological polar surface area (TPSA) is 101 Å². The minimum Gasteiger partial charge on any atom is -0.502 e. The van der Waals surface area contributed by atoms with E-state index in [2.05, 4.69) is 0 Å². The van der Waals surface area contributed by atoms with Crippen molar-refractivity contribution in [2.45, 2.75) is 26.7 Å². The van der Waals surface area contributed by atoms with Crippen LogP contribution in [0.25, 0.3) is 0 Å². The second kappa shape index (κ2) is 7.18. The monoisotopic (exact) mass is 280 g/mol. The number of hydrogen-bond donors (Lipinski definition) is 2. The maximum absolute atomic E-state index is 10.7. The highest BCUT2D eigenvalue weighted by atomic mass is 16.4. The molecule has 0 aliphatic heterocycles. The molecule has 108 valence electrons. The van der Waals surface area contributed by atoms with Crippen LogP contribution in [0.3, 0.4) is 0 Å². The average Bonchev–Trinajstić information content (AvgIpc) is 2.45. The third kappa shape index (κ3) is 3.74. The molecule has 6 nitrogen and oxygen atoms in total. The Morgan fingerprint density at radius 2 is 1.20 bits per heavy atom. The average molecular weight is 280 g/mol. The summed E-state index contributed by atoms with van der Waals surface area (Å²) in [5.41, 5.74) is -0.772. The summed E-state index contributed by atoms with van der Waals surface area (Å²) < 4.78 is 9.68. The number of rotatable bonds is 2. The van der Waals surface area contributed by atoms with Crippen molar-refractivity contribution in [1.29, 1.82) is 0 Å². The standard InChI is InChI=1S/2C7H8O3/c2*1-2-6-7(9)5(8)3-4-10-6/h2*3-4,9H,2H2,1H3. The zero-order valence-corrected chi connectivity index (χ0v) is 11.3. The Morgan fingerprint density at radius 3 is 1.45 bits per heavy atom. The van der Waals surface area contributed by atoms with Crippen molar-refractivity contribution < 1.29 is 19.0 Å². The maximum atomic E-state index is 10.7. The van der Waals surface area contributed by atoms with Gasteiger partial charge in [-0.05, 0) is 0 Å². The van der Waals surface area contributed by atoms with Gasteiger partial charge < -0.3 is 19.0 Å². The van der Waals surface area contributed by atoms with Crippen LogP contribution in [-0.4, -0.2) is 10.2 Å². The fourth-order valence-electron chi connectivity index (χ4n) is 1.40. The van der Waals surface area contributed by atoms with Crippen molar-refractivity contribution in [2.75, 3.05) is 0 Å². The van der Waals surface area contributed by atoms with E-state index >= 15 is 0 Å². The van der Waals surface area contributed by atoms with Crippen LogP contribution in [0.1, 0.15) is 25.4 Å². The predicted molar refractivity (Wildman–Crippen MR) is 72.0 cm³/mol. The minimum atomic E-state index is -0.386. The Balaban J connectivity index is 0.000000200. The van der Waals surface area contributed by atoms with Gasteiger partial charge in [0, 0.05) is 25.0 Å². The summed E-state index contributed by atoms with van der Waals surface area (Å²) >= 11 is 0. The van der Waals surface area contributed by atoms with E-state index in [4.69, 9.17) is 19.0 Å². The van der Waals surface area contributed by atoms with Gasteiger partial charge in [0.2, 0.25) is 22.4 Å². The molecule has 0 saturated heterocycles. The third-order valence-corrected chi connectivity index (χ3v) is 2.50. The maximum Gasteiger partial charge on any atom is 0.226 e. The summed E-state index contributed by atoms with van der Waals surface area (Å²) in [5.74, 6) is 0.134. The van der Waals surface area contributed by atoms with Crippen LogP contribution in [0.5, 0.6) is 11.5 Å². The lowest BCUT2D eigenvalue weighted by atomic mass is 10.3. The molecule has 0 aliphatic rings. The molecule has 2 heterocycles. The molecule has 0 spiro atoms. The predicted octanol–water partition coefficient (Wildman–Crippen LogP) is 1.82. The molecule has 0 radical (unpaired) electrons. The molecule has 2 rings (SSSR count). The van der Waals surface area contributed by atoms with Gasteiger partial charge in [0.15, 0.2) is 0 Å². The quantitative estimate of drug-likeness (QED) is 0.870. The molecule has 20 heavy (non-hydrogen) atoms.